The Kier molecular flexibility index (Phi) is 9.30. The van der Waals surface area contributed by atoms with Crippen LogP contribution < -0.4 is 20.0 Å². The van der Waals surface area contributed by atoms with Gasteiger partial charge in [0.1, 0.15) is 16.8 Å². The predicted molar refractivity (Wildman–Crippen MR) is 150 cm³/mol. The lowest BCUT2D eigenvalue weighted by molar-refractivity contribution is -0.123. The molecule has 2 amide bonds. The van der Waals surface area contributed by atoms with E-state index < -0.39 is 34.4 Å². The van der Waals surface area contributed by atoms with Gasteiger partial charge in [-0.05, 0) is 41.1 Å². The number of thiazole rings is 1. The summed E-state index contributed by atoms with van der Waals surface area (Å²) in [6, 6.07) is 18.1. The summed E-state index contributed by atoms with van der Waals surface area (Å²) in [6.45, 7) is 0. The highest BCUT2D eigenvalue weighted by atomic mass is 32.2. The number of rotatable bonds is 11. The number of ether oxygens (including phenoxy) is 1. The van der Waals surface area contributed by atoms with Crippen LogP contribution in [0.25, 0.3) is 9.88 Å². The number of aromatic nitrogens is 1. The molecular formula is C26H26N4O6S3. The van der Waals surface area contributed by atoms with Crippen LogP contribution in [-0.4, -0.2) is 38.6 Å². The zero-order valence-corrected chi connectivity index (χ0v) is 23.2. The number of nitrogens with zero attached hydrogens (tertiary/aromatic N) is 1. The van der Waals surface area contributed by atoms with Crippen molar-refractivity contribution < 1.29 is 26.9 Å². The van der Waals surface area contributed by atoms with Gasteiger partial charge >= 0.3 is 16.4 Å². The van der Waals surface area contributed by atoms with Crippen LogP contribution in [0.15, 0.2) is 77.5 Å². The van der Waals surface area contributed by atoms with Crippen LogP contribution in [0.4, 0.5) is 4.79 Å². The Balaban J connectivity index is 1.59. The number of thiophene rings is 1. The fourth-order valence-corrected chi connectivity index (χ4v) is 5.84. The van der Waals surface area contributed by atoms with Crippen molar-refractivity contribution in [3.05, 3.63) is 94.3 Å². The number of benzene rings is 2. The highest BCUT2D eigenvalue weighted by molar-refractivity contribution is 7.84. The van der Waals surface area contributed by atoms with E-state index in [9.17, 15) is 18.0 Å². The van der Waals surface area contributed by atoms with Crippen molar-refractivity contribution in [2.75, 3.05) is 7.11 Å². The lowest BCUT2D eigenvalue weighted by Gasteiger charge is -2.23. The summed E-state index contributed by atoms with van der Waals surface area (Å²) in [7, 11) is -2.91. The number of nitrogens with one attached hydrogen (secondary N) is 2. The summed E-state index contributed by atoms with van der Waals surface area (Å²) in [5.74, 6) is -0.338. The van der Waals surface area contributed by atoms with Crippen LogP contribution >= 0.6 is 22.7 Å². The average Bonchev–Trinajstić information content (AvgIpc) is 3.61. The van der Waals surface area contributed by atoms with Crippen molar-refractivity contribution in [3.63, 3.8) is 0 Å². The van der Waals surface area contributed by atoms with Crippen molar-refractivity contribution in [1.29, 1.82) is 0 Å². The Bertz CT molecular complexity index is 1490. The highest BCUT2D eigenvalue weighted by Gasteiger charge is 2.26. The lowest BCUT2D eigenvalue weighted by Crippen LogP contribution is -2.49. The lowest BCUT2D eigenvalue weighted by atomic mass is 10.0. The molecule has 2 atom stereocenters. The molecule has 0 fully saturated rings. The molecular weight excluding hydrogens is 561 g/mol. The molecule has 0 bridgehead atoms. The maximum absolute atomic E-state index is 13.5. The monoisotopic (exact) mass is 586 g/mol. The molecule has 2 heterocycles. The first-order valence-electron chi connectivity index (χ1n) is 11.7. The van der Waals surface area contributed by atoms with E-state index >= 15 is 0 Å². The number of carbonyl (C=O) groups excluding carboxylic acids is 2. The second-order valence-electron chi connectivity index (χ2n) is 8.42. The van der Waals surface area contributed by atoms with E-state index in [2.05, 4.69) is 10.6 Å². The van der Waals surface area contributed by atoms with Gasteiger partial charge in [0.05, 0.1) is 23.7 Å². The van der Waals surface area contributed by atoms with E-state index in [0.717, 1.165) is 21.0 Å². The number of alkyl carbamates (subject to hydrolysis) is 1. The van der Waals surface area contributed by atoms with Gasteiger partial charge < -0.3 is 19.6 Å². The molecule has 2 unspecified atom stereocenters. The van der Waals surface area contributed by atoms with E-state index in [1.807, 2.05) is 53.2 Å². The van der Waals surface area contributed by atoms with Gasteiger partial charge in [0, 0.05) is 11.8 Å². The summed E-state index contributed by atoms with van der Waals surface area (Å²) in [6.07, 6.45) is -0.126. The molecule has 4 aromatic rings. The van der Waals surface area contributed by atoms with Gasteiger partial charge in [-0.2, -0.15) is 13.6 Å². The smallest absolute Gasteiger partial charge is 0.407 e. The maximum Gasteiger partial charge on any atom is 0.407 e. The molecule has 10 nitrogen and oxygen atoms in total. The van der Waals surface area contributed by atoms with Gasteiger partial charge in [-0.15, -0.1) is 22.7 Å². The van der Waals surface area contributed by atoms with Crippen LogP contribution in [0.1, 0.15) is 22.9 Å². The number of methoxy groups -OCH3 is 1. The first-order valence-corrected chi connectivity index (χ1v) is 14.9. The fraction of sp³-hybridized carbons (Fsp3) is 0.192. The molecule has 13 heteroatoms. The molecule has 0 radical (unpaired) electrons. The Morgan fingerprint density at radius 3 is 2.31 bits per heavy atom. The Morgan fingerprint density at radius 2 is 1.67 bits per heavy atom. The van der Waals surface area contributed by atoms with Crippen molar-refractivity contribution >= 4 is 45.0 Å². The number of amides is 2. The van der Waals surface area contributed by atoms with Crippen LogP contribution in [0.2, 0.25) is 0 Å². The van der Waals surface area contributed by atoms with E-state index in [1.54, 1.807) is 23.5 Å². The standard InChI is InChI=1S/C26H26N4O6S3/c1-35-26(32)30-21(15-17-6-3-2-4-7-17)24(31)28-20(22-16-38-25(29-22)23-8-5-13-37-23)14-18-9-11-19(12-10-18)36-39(27,33)34/h2-13,16,20-21H,14-15H2,1H3,(H,28,31)(H,30,32)(H2,27,33,34). The van der Waals surface area contributed by atoms with Crippen LogP contribution in [0.5, 0.6) is 5.75 Å². The average molecular weight is 587 g/mol. The second kappa shape index (κ2) is 12.8. The minimum atomic E-state index is -4.15. The summed E-state index contributed by atoms with van der Waals surface area (Å²) in [4.78, 5) is 31.3. The predicted octanol–water partition coefficient (Wildman–Crippen LogP) is 3.82. The van der Waals surface area contributed by atoms with Gasteiger partial charge in [0.2, 0.25) is 5.91 Å². The molecule has 0 saturated heterocycles. The Morgan fingerprint density at radius 1 is 0.949 bits per heavy atom. The van der Waals surface area contributed by atoms with E-state index in [0.29, 0.717) is 12.1 Å². The summed E-state index contributed by atoms with van der Waals surface area (Å²) < 4.78 is 31.9. The van der Waals surface area contributed by atoms with Crippen LogP contribution in [0, 0.1) is 0 Å². The summed E-state index contributed by atoms with van der Waals surface area (Å²) in [5.41, 5.74) is 2.30. The van der Waals surface area contributed by atoms with E-state index in [1.165, 1.54) is 30.6 Å². The van der Waals surface area contributed by atoms with Crippen molar-refractivity contribution in [2.45, 2.75) is 24.9 Å². The van der Waals surface area contributed by atoms with Gasteiger partial charge in [-0.25, -0.2) is 9.78 Å². The van der Waals surface area contributed by atoms with Crippen molar-refractivity contribution in [1.82, 2.24) is 15.6 Å². The molecule has 0 saturated carbocycles. The van der Waals surface area contributed by atoms with Crippen LogP contribution in [-0.2, 0) is 32.7 Å². The Labute approximate surface area is 234 Å². The molecule has 39 heavy (non-hydrogen) atoms. The number of nitrogens with two attached hydrogens (primary N) is 1. The Hall–Kier alpha value is -3.78. The molecule has 0 aliphatic carbocycles. The fourth-order valence-electron chi connectivity index (χ4n) is 3.77. The van der Waals surface area contributed by atoms with Gasteiger partial charge in [-0.3, -0.25) is 4.79 Å². The molecule has 0 aliphatic rings. The number of carbonyl (C=O) groups is 2. The van der Waals surface area contributed by atoms with Crippen molar-refractivity contribution in [3.8, 4) is 15.6 Å². The molecule has 2 aromatic carbocycles. The molecule has 0 spiro atoms. The van der Waals surface area contributed by atoms with Gasteiger partial charge in [0.15, 0.2) is 0 Å². The highest BCUT2D eigenvalue weighted by Crippen LogP contribution is 2.31. The van der Waals surface area contributed by atoms with Crippen LogP contribution in [0.3, 0.4) is 0 Å². The summed E-state index contributed by atoms with van der Waals surface area (Å²) >= 11 is 3.03. The molecule has 204 valence electrons. The number of hydrogen-bond donors (Lipinski definition) is 3. The minimum Gasteiger partial charge on any atom is -0.453 e. The maximum atomic E-state index is 13.5. The first-order chi connectivity index (χ1) is 18.7. The normalized spacial score (nSPS) is 12.8. The third-order valence-corrected chi connectivity index (χ3v) is 7.90. The quantitative estimate of drug-likeness (QED) is 0.242. The zero-order chi connectivity index (χ0) is 27.8. The largest absolute Gasteiger partial charge is 0.453 e. The SMILES string of the molecule is COC(=O)NC(Cc1ccccc1)C(=O)NC(Cc1ccc(OS(N)(=O)=O)cc1)c1csc(-c2cccs2)n1. The second-order valence-corrected chi connectivity index (χ2v) is 11.4. The number of hydrogen-bond acceptors (Lipinski definition) is 9. The minimum absolute atomic E-state index is 0.0701. The third kappa shape index (κ3) is 8.35. The van der Waals surface area contributed by atoms with Crippen molar-refractivity contribution in [2.24, 2.45) is 5.14 Å². The molecule has 0 aliphatic heterocycles. The zero-order valence-electron chi connectivity index (χ0n) is 20.8. The summed E-state index contributed by atoms with van der Waals surface area (Å²) in [5, 5.41) is 15.3. The molecule has 4 N–H and O–H groups in total. The van der Waals surface area contributed by atoms with Gasteiger partial charge in [0.25, 0.3) is 0 Å². The van der Waals surface area contributed by atoms with E-state index in [4.69, 9.17) is 19.0 Å². The topological polar surface area (TPSA) is 150 Å². The molecule has 4 rings (SSSR count). The third-order valence-electron chi connectivity index (χ3n) is 5.58. The molecule has 2 aromatic heterocycles. The van der Waals surface area contributed by atoms with Gasteiger partial charge in [-0.1, -0.05) is 48.5 Å². The van der Waals surface area contributed by atoms with E-state index in [-0.39, 0.29) is 12.2 Å². The first kappa shape index (κ1) is 28.2.